The molecule has 2 aromatic heterocycles. The summed E-state index contributed by atoms with van der Waals surface area (Å²) in [6.45, 7) is 3.23. The number of fused-ring (bicyclic) bond motifs is 1. The van der Waals surface area contributed by atoms with E-state index in [1.807, 2.05) is 26.0 Å². The SMILES string of the molecule is Cc1cc(OCc2nccc(SCCOCCOCC(F)(F)F)c2C)c2cc(C#N)ccc2n1. The first-order valence-electron chi connectivity index (χ1n) is 10.5. The third-order valence-corrected chi connectivity index (χ3v) is 5.90. The molecule has 180 valence electrons. The lowest BCUT2D eigenvalue weighted by Gasteiger charge is -2.13. The fraction of sp³-hybridized carbons (Fsp3) is 0.375. The number of benzene rings is 1. The van der Waals surface area contributed by atoms with E-state index < -0.39 is 12.8 Å². The van der Waals surface area contributed by atoms with Crippen molar-refractivity contribution in [3.05, 3.63) is 59.0 Å². The maximum atomic E-state index is 12.0. The Kier molecular flexibility index (Phi) is 9.10. The minimum absolute atomic E-state index is 0.0982. The largest absolute Gasteiger partial charge is 0.487 e. The monoisotopic (exact) mass is 491 g/mol. The number of rotatable bonds is 11. The predicted molar refractivity (Wildman–Crippen MR) is 123 cm³/mol. The fourth-order valence-corrected chi connectivity index (χ4v) is 4.05. The smallest absolute Gasteiger partial charge is 0.411 e. The molecule has 2 heterocycles. The van der Waals surface area contributed by atoms with E-state index in [0.29, 0.717) is 23.7 Å². The van der Waals surface area contributed by atoms with Gasteiger partial charge in [-0.1, -0.05) is 0 Å². The third kappa shape index (κ3) is 7.58. The first-order chi connectivity index (χ1) is 16.3. The molecular weight excluding hydrogens is 467 g/mol. The van der Waals surface area contributed by atoms with E-state index in [-0.39, 0.29) is 19.8 Å². The van der Waals surface area contributed by atoms with Gasteiger partial charge in [0, 0.05) is 34.0 Å². The number of ether oxygens (including phenoxy) is 3. The van der Waals surface area contributed by atoms with Gasteiger partial charge in [0.05, 0.1) is 42.7 Å². The average Bonchev–Trinajstić information content (AvgIpc) is 2.79. The standard InChI is InChI=1S/C24H24F3N3O3S/c1-16-11-22(19-12-18(13-28)3-4-20(19)30-16)33-14-21-17(2)23(5-6-29-21)34-10-9-31-7-8-32-15-24(25,26)27/h3-6,11-12H,7-10,14-15H2,1-2H3. The van der Waals surface area contributed by atoms with Crippen LogP contribution in [0.15, 0.2) is 41.4 Å². The molecule has 6 nitrogen and oxygen atoms in total. The lowest BCUT2D eigenvalue weighted by atomic mass is 10.1. The van der Waals surface area contributed by atoms with Crippen LogP contribution in [0, 0.1) is 25.2 Å². The van der Waals surface area contributed by atoms with Gasteiger partial charge >= 0.3 is 6.18 Å². The average molecular weight is 492 g/mol. The minimum Gasteiger partial charge on any atom is -0.487 e. The third-order valence-electron chi connectivity index (χ3n) is 4.77. The Balaban J connectivity index is 1.54. The van der Waals surface area contributed by atoms with E-state index in [4.69, 9.17) is 9.47 Å². The maximum absolute atomic E-state index is 12.0. The number of halogens is 3. The van der Waals surface area contributed by atoms with Gasteiger partial charge in [0.1, 0.15) is 19.0 Å². The molecule has 0 amide bonds. The maximum Gasteiger partial charge on any atom is 0.411 e. The summed E-state index contributed by atoms with van der Waals surface area (Å²) >= 11 is 1.57. The van der Waals surface area contributed by atoms with E-state index >= 15 is 0 Å². The second kappa shape index (κ2) is 12.0. The second-order valence-electron chi connectivity index (χ2n) is 7.40. The fourth-order valence-electron chi connectivity index (χ4n) is 3.13. The topological polar surface area (TPSA) is 77.3 Å². The number of hydrogen-bond donors (Lipinski definition) is 0. The summed E-state index contributed by atoms with van der Waals surface area (Å²) in [6, 6.07) is 11.2. The Morgan fingerprint density at radius 3 is 2.62 bits per heavy atom. The van der Waals surface area contributed by atoms with Crippen LogP contribution in [0.25, 0.3) is 10.9 Å². The molecule has 3 rings (SSSR count). The van der Waals surface area contributed by atoms with Crippen LogP contribution >= 0.6 is 11.8 Å². The molecule has 34 heavy (non-hydrogen) atoms. The highest BCUT2D eigenvalue weighted by Crippen LogP contribution is 2.29. The molecule has 1 aromatic carbocycles. The number of thioether (sulfide) groups is 1. The highest BCUT2D eigenvalue weighted by molar-refractivity contribution is 7.99. The van der Waals surface area contributed by atoms with Crippen LogP contribution < -0.4 is 4.74 Å². The van der Waals surface area contributed by atoms with Crippen LogP contribution in [0.5, 0.6) is 5.75 Å². The van der Waals surface area contributed by atoms with E-state index in [0.717, 1.165) is 32.7 Å². The molecule has 3 aromatic rings. The zero-order valence-electron chi connectivity index (χ0n) is 18.8. The van der Waals surface area contributed by atoms with Crippen molar-refractivity contribution in [1.29, 1.82) is 5.26 Å². The Bertz CT molecular complexity index is 1170. The summed E-state index contributed by atoms with van der Waals surface area (Å²) in [5, 5.41) is 9.98. The number of hydrogen-bond acceptors (Lipinski definition) is 7. The quantitative estimate of drug-likeness (QED) is 0.263. The molecule has 0 unspecified atom stereocenters. The van der Waals surface area contributed by atoms with Crippen molar-refractivity contribution in [2.75, 3.05) is 32.2 Å². The highest BCUT2D eigenvalue weighted by Gasteiger charge is 2.27. The molecule has 0 saturated carbocycles. The van der Waals surface area contributed by atoms with Gasteiger partial charge in [-0.2, -0.15) is 18.4 Å². The first-order valence-corrected chi connectivity index (χ1v) is 11.5. The van der Waals surface area contributed by atoms with Crippen molar-refractivity contribution in [3.63, 3.8) is 0 Å². The lowest BCUT2D eigenvalue weighted by molar-refractivity contribution is -0.176. The molecule has 0 saturated heterocycles. The molecule has 0 spiro atoms. The van der Waals surface area contributed by atoms with Crippen molar-refractivity contribution in [3.8, 4) is 11.8 Å². The van der Waals surface area contributed by atoms with Gasteiger partial charge in [-0.15, -0.1) is 11.8 Å². The van der Waals surface area contributed by atoms with Gasteiger partial charge in [0.15, 0.2) is 0 Å². The first kappa shape index (κ1) is 25.7. The molecule has 0 bridgehead atoms. The molecule has 0 fully saturated rings. The number of alkyl halides is 3. The van der Waals surface area contributed by atoms with Gasteiger partial charge in [-0.3, -0.25) is 9.97 Å². The molecule has 0 aliphatic rings. The molecule has 0 radical (unpaired) electrons. The van der Waals surface area contributed by atoms with Gasteiger partial charge in [-0.05, 0) is 43.7 Å². The van der Waals surface area contributed by atoms with Crippen molar-refractivity contribution in [2.45, 2.75) is 31.5 Å². The number of aromatic nitrogens is 2. The number of nitriles is 1. The van der Waals surface area contributed by atoms with E-state index in [9.17, 15) is 18.4 Å². The van der Waals surface area contributed by atoms with Crippen molar-refractivity contribution >= 4 is 22.7 Å². The van der Waals surface area contributed by atoms with Crippen LogP contribution in [-0.4, -0.2) is 48.3 Å². The molecule has 10 heteroatoms. The zero-order valence-corrected chi connectivity index (χ0v) is 19.6. The lowest BCUT2D eigenvalue weighted by Crippen LogP contribution is -2.19. The van der Waals surface area contributed by atoms with E-state index in [2.05, 4.69) is 20.8 Å². The summed E-state index contributed by atoms with van der Waals surface area (Å²) in [6.07, 6.45) is -2.61. The molecular formula is C24H24F3N3O3S. The summed E-state index contributed by atoms with van der Waals surface area (Å²) < 4.78 is 52.0. The van der Waals surface area contributed by atoms with Crippen molar-refractivity contribution < 1.29 is 27.4 Å². The second-order valence-corrected chi connectivity index (χ2v) is 8.54. The molecule has 0 N–H and O–H groups in total. The van der Waals surface area contributed by atoms with Crippen LogP contribution in [0.1, 0.15) is 22.5 Å². The summed E-state index contributed by atoms with van der Waals surface area (Å²) in [5.74, 6) is 1.27. The number of aryl methyl sites for hydroxylation is 1. The molecule has 0 atom stereocenters. The molecule has 0 aliphatic carbocycles. The Morgan fingerprint density at radius 1 is 1.06 bits per heavy atom. The van der Waals surface area contributed by atoms with E-state index in [1.165, 1.54) is 0 Å². The Labute approximate surface area is 200 Å². The normalized spacial score (nSPS) is 11.5. The summed E-state index contributed by atoms with van der Waals surface area (Å²) in [5.41, 5.74) is 3.86. The van der Waals surface area contributed by atoms with Crippen LogP contribution in [-0.2, 0) is 16.1 Å². The highest BCUT2D eigenvalue weighted by atomic mass is 32.2. The van der Waals surface area contributed by atoms with Gasteiger partial charge in [-0.25, -0.2) is 0 Å². The zero-order chi connectivity index (χ0) is 24.6. The predicted octanol–water partition coefficient (Wildman–Crippen LogP) is 5.38. The van der Waals surface area contributed by atoms with E-state index in [1.54, 1.807) is 36.2 Å². The number of nitrogens with zero attached hydrogens (tertiary/aromatic N) is 3. The van der Waals surface area contributed by atoms with Crippen molar-refractivity contribution in [1.82, 2.24) is 9.97 Å². The van der Waals surface area contributed by atoms with Gasteiger partial charge < -0.3 is 14.2 Å². The van der Waals surface area contributed by atoms with Crippen LogP contribution in [0.3, 0.4) is 0 Å². The van der Waals surface area contributed by atoms with Gasteiger partial charge in [0.2, 0.25) is 0 Å². The van der Waals surface area contributed by atoms with Crippen LogP contribution in [0.2, 0.25) is 0 Å². The summed E-state index contributed by atoms with van der Waals surface area (Å²) in [4.78, 5) is 9.96. The number of pyridine rings is 2. The van der Waals surface area contributed by atoms with Crippen LogP contribution in [0.4, 0.5) is 13.2 Å². The Morgan fingerprint density at radius 2 is 1.85 bits per heavy atom. The van der Waals surface area contributed by atoms with Crippen molar-refractivity contribution in [2.24, 2.45) is 0 Å². The minimum atomic E-state index is -4.32. The Hall–Kier alpha value is -2.87. The van der Waals surface area contributed by atoms with Gasteiger partial charge in [0.25, 0.3) is 0 Å². The molecule has 0 aliphatic heterocycles. The summed E-state index contributed by atoms with van der Waals surface area (Å²) in [7, 11) is 0.